The van der Waals surface area contributed by atoms with Crippen molar-refractivity contribution < 1.29 is 19.2 Å². The molecule has 1 heterocycles. The average molecular weight is 141 g/mol. The van der Waals surface area contributed by atoms with Crippen LogP contribution in [0.3, 0.4) is 0 Å². The number of hydrogen-bond acceptors (Lipinski definition) is 4. The maximum Gasteiger partial charge on any atom is 0.296 e. The van der Waals surface area contributed by atoms with Crippen LogP contribution in [0.2, 0.25) is 0 Å². The molecule has 0 atom stereocenters. The summed E-state index contributed by atoms with van der Waals surface area (Å²) in [5.74, 6) is -4.34. The first kappa shape index (κ1) is 6.60. The molecule has 0 aromatic rings. The van der Waals surface area contributed by atoms with Crippen LogP contribution in [0, 0.1) is 0 Å². The van der Waals surface area contributed by atoms with Crippen LogP contribution < -0.4 is 5.32 Å². The van der Waals surface area contributed by atoms with Crippen LogP contribution in [0.15, 0.2) is 0 Å². The Balaban J connectivity index is 2.90. The molecule has 0 radical (unpaired) electrons. The van der Waals surface area contributed by atoms with Gasteiger partial charge in [-0.3, -0.25) is 19.2 Å². The fourth-order valence-electron chi connectivity index (χ4n) is 0.551. The molecule has 1 fully saturated rings. The number of nitrogens with one attached hydrogen (secondary N) is 1. The number of hydrogen-bond donors (Lipinski definition) is 1. The number of ketones is 3. The van der Waals surface area contributed by atoms with E-state index in [2.05, 4.69) is 0 Å². The average Bonchev–Trinajstić information content (AvgIpc) is 1.93. The monoisotopic (exact) mass is 141 g/mol. The normalized spacial score (nSPS) is 19.2. The summed E-state index contributed by atoms with van der Waals surface area (Å²) in [6, 6.07) is 0. The highest BCUT2D eigenvalue weighted by molar-refractivity contribution is 6.79. The smallest absolute Gasteiger partial charge is 0.296 e. The second kappa shape index (κ2) is 2.02. The highest BCUT2D eigenvalue weighted by Gasteiger charge is 2.33. The molecule has 52 valence electrons. The summed E-state index contributed by atoms with van der Waals surface area (Å²) in [5, 5.41) is 1.95. The molecule has 0 aromatic carbocycles. The largest absolute Gasteiger partial charge is 0.341 e. The van der Waals surface area contributed by atoms with E-state index < -0.39 is 23.3 Å². The lowest BCUT2D eigenvalue weighted by molar-refractivity contribution is -0.151. The van der Waals surface area contributed by atoms with E-state index in [9.17, 15) is 19.2 Å². The lowest BCUT2D eigenvalue weighted by Crippen LogP contribution is -2.49. The van der Waals surface area contributed by atoms with Gasteiger partial charge < -0.3 is 5.32 Å². The molecule has 1 N–H and O–H groups in total. The topological polar surface area (TPSA) is 80.3 Å². The summed E-state index contributed by atoms with van der Waals surface area (Å²) in [7, 11) is 0. The molecular formula is C5H3NO4. The first-order valence-electron chi connectivity index (χ1n) is 2.52. The molecule has 5 heteroatoms. The van der Waals surface area contributed by atoms with Gasteiger partial charge in [0.15, 0.2) is 0 Å². The summed E-state index contributed by atoms with van der Waals surface area (Å²) in [4.78, 5) is 41.4. The molecule has 0 spiro atoms. The molecule has 1 aliphatic heterocycles. The van der Waals surface area contributed by atoms with Crippen LogP contribution in [0.1, 0.15) is 0 Å². The predicted molar refractivity (Wildman–Crippen MR) is 28.0 cm³/mol. The SMILES string of the molecule is O=C1CNC(=O)C(=O)C1=O. The second-order valence-corrected chi connectivity index (χ2v) is 1.76. The number of carbonyl (C=O) groups is 4. The summed E-state index contributed by atoms with van der Waals surface area (Å²) in [6.07, 6.45) is 0. The molecule has 0 bridgehead atoms. The molecule has 0 aromatic heterocycles. The lowest BCUT2D eigenvalue weighted by atomic mass is 10.1. The third-order valence-electron chi connectivity index (χ3n) is 1.08. The first-order chi connectivity index (χ1) is 4.63. The highest BCUT2D eigenvalue weighted by atomic mass is 16.2. The molecular weight excluding hydrogens is 138 g/mol. The fraction of sp³-hybridized carbons (Fsp3) is 0.200. The Bertz CT molecular complexity index is 216. The van der Waals surface area contributed by atoms with Gasteiger partial charge in [-0.25, -0.2) is 0 Å². The molecule has 0 aliphatic carbocycles. The van der Waals surface area contributed by atoms with Crippen molar-refractivity contribution in [3.8, 4) is 0 Å². The molecule has 1 rings (SSSR count). The summed E-state index contributed by atoms with van der Waals surface area (Å²) >= 11 is 0. The zero-order chi connectivity index (χ0) is 7.72. The third-order valence-corrected chi connectivity index (χ3v) is 1.08. The van der Waals surface area contributed by atoms with Crippen LogP contribution in [0.5, 0.6) is 0 Å². The van der Waals surface area contributed by atoms with Crippen molar-refractivity contribution in [2.24, 2.45) is 0 Å². The van der Waals surface area contributed by atoms with Crippen molar-refractivity contribution in [1.82, 2.24) is 5.32 Å². The van der Waals surface area contributed by atoms with Gasteiger partial charge in [-0.1, -0.05) is 0 Å². The minimum absolute atomic E-state index is 0.358. The number of piperidine rings is 1. The van der Waals surface area contributed by atoms with Crippen LogP contribution in [-0.2, 0) is 19.2 Å². The number of carbonyl (C=O) groups excluding carboxylic acids is 4. The zero-order valence-corrected chi connectivity index (χ0v) is 4.84. The van der Waals surface area contributed by atoms with E-state index >= 15 is 0 Å². The van der Waals surface area contributed by atoms with Gasteiger partial charge in [0.25, 0.3) is 17.5 Å². The van der Waals surface area contributed by atoms with E-state index in [0.717, 1.165) is 0 Å². The van der Waals surface area contributed by atoms with E-state index in [1.165, 1.54) is 0 Å². The van der Waals surface area contributed by atoms with Crippen molar-refractivity contribution in [2.45, 2.75) is 0 Å². The van der Waals surface area contributed by atoms with Gasteiger partial charge >= 0.3 is 0 Å². The lowest BCUT2D eigenvalue weighted by Gasteiger charge is -2.06. The Kier molecular flexibility index (Phi) is 1.33. The third kappa shape index (κ3) is 0.812. The molecule has 0 unspecified atom stereocenters. The minimum Gasteiger partial charge on any atom is -0.341 e. The van der Waals surface area contributed by atoms with Gasteiger partial charge in [-0.2, -0.15) is 0 Å². The summed E-state index contributed by atoms with van der Waals surface area (Å²) in [6.45, 7) is -0.358. The van der Waals surface area contributed by atoms with Gasteiger partial charge in [0.1, 0.15) is 0 Å². The van der Waals surface area contributed by atoms with Gasteiger partial charge in [-0.05, 0) is 0 Å². The number of Topliss-reactive ketones (excluding diaryl/α,β-unsaturated/α-hetero) is 3. The van der Waals surface area contributed by atoms with Gasteiger partial charge in [-0.15, -0.1) is 0 Å². The minimum atomic E-state index is -1.27. The van der Waals surface area contributed by atoms with Gasteiger partial charge in [0.2, 0.25) is 5.78 Å². The maximum absolute atomic E-state index is 10.4. The van der Waals surface area contributed by atoms with E-state index in [0.29, 0.717) is 0 Å². The molecule has 1 saturated heterocycles. The Morgan fingerprint density at radius 2 is 1.60 bits per heavy atom. The Hall–Kier alpha value is -1.52. The van der Waals surface area contributed by atoms with Crippen molar-refractivity contribution >= 4 is 23.3 Å². The van der Waals surface area contributed by atoms with Crippen molar-refractivity contribution in [2.75, 3.05) is 6.54 Å². The maximum atomic E-state index is 10.4. The van der Waals surface area contributed by atoms with Crippen molar-refractivity contribution in [3.63, 3.8) is 0 Å². The van der Waals surface area contributed by atoms with Gasteiger partial charge in [0.05, 0.1) is 6.54 Å². The molecule has 0 saturated carbocycles. The van der Waals surface area contributed by atoms with Crippen LogP contribution in [0.25, 0.3) is 0 Å². The van der Waals surface area contributed by atoms with E-state index in [-0.39, 0.29) is 6.54 Å². The number of rotatable bonds is 0. The first-order valence-corrected chi connectivity index (χ1v) is 2.52. The van der Waals surface area contributed by atoms with E-state index in [4.69, 9.17) is 0 Å². The van der Waals surface area contributed by atoms with Crippen LogP contribution >= 0.6 is 0 Å². The van der Waals surface area contributed by atoms with Crippen LogP contribution in [-0.4, -0.2) is 29.8 Å². The van der Waals surface area contributed by atoms with Crippen molar-refractivity contribution in [1.29, 1.82) is 0 Å². The Labute approximate surface area is 55.4 Å². The Morgan fingerprint density at radius 1 is 1.00 bits per heavy atom. The molecule has 1 amide bonds. The summed E-state index contributed by atoms with van der Waals surface area (Å²) < 4.78 is 0. The molecule has 10 heavy (non-hydrogen) atoms. The quantitative estimate of drug-likeness (QED) is 0.389. The van der Waals surface area contributed by atoms with E-state index in [1.807, 2.05) is 5.32 Å². The van der Waals surface area contributed by atoms with Crippen LogP contribution in [0.4, 0.5) is 0 Å². The van der Waals surface area contributed by atoms with Crippen molar-refractivity contribution in [3.05, 3.63) is 0 Å². The summed E-state index contributed by atoms with van der Waals surface area (Å²) in [5.41, 5.74) is 0. The van der Waals surface area contributed by atoms with E-state index in [1.54, 1.807) is 0 Å². The second-order valence-electron chi connectivity index (χ2n) is 1.76. The Morgan fingerprint density at radius 3 is 2.10 bits per heavy atom. The predicted octanol–water partition coefficient (Wildman–Crippen LogP) is -2.18. The highest BCUT2D eigenvalue weighted by Crippen LogP contribution is 1.87. The fourth-order valence-corrected chi connectivity index (χ4v) is 0.551. The zero-order valence-electron chi connectivity index (χ0n) is 4.84. The molecule has 1 aliphatic rings. The standard InChI is InChI=1S/C5H3NO4/c7-2-1-6-5(10)4(9)3(2)8/h1H2,(H,6,10). The molecule has 5 nitrogen and oxygen atoms in total. The number of amides is 1. The van der Waals surface area contributed by atoms with Gasteiger partial charge in [0, 0.05) is 0 Å².